The number of rotatable bonds is 7. The molecule has 5 heterocycles. The summed E-state index contributed by atoms with van der Waals surface area (Å²) < 4.78 is 2.42. The summed E-state index contributed by atoms with van der Waals surface area (Å²) in [6.45, 7) is 0. The first-order valence-electron chi connectivity index (χ1n) is 25.8. The van der Waals surface area contributed by atoms with Crippen LogP contribution in [0.5, 0.6) is 0 Å². The lowest BCUT2D eigenvalue weighted by atomic mass is 10.1. The van der Waals surface area contributed by atoms with Crippen LogP contribution in [0.4, 0.5) is 34.4 Å². The number of anilines is 6. The molecule has 5 nitrogen and oxygen atoms in total. The van der Waals surface area contributed by atoms with Crippen LogP contribution in [-0.2, 0) is 0 Å². The zero-order valence-electron chi connectivity index (χ0n) is 40.9. The molecule has 2 aliphatic rings. The van der Waals surface area contributed by atoms with Gasteiger partial charge in [0.05, 0.1) is 22.2 Å². The van der Waals surface area contributed by atoms with E-state index in [0.717, 1.165) is 62.1 Å². The lowest BCUT2D eigenvalue weighted by Crippen LogP contribution is -2.77. The fourth-order valence-electron chi connectivity index (χ4n) is 13.0. The maximum absolute atomic E-state index is 5.88. The molecule has 13 aromatic rings. The molecule has 0 aliphatic carbocycles. The lowest BCUT2D eigenvalue weighted by Gasteiger charge is -2.44. The Bertz CT molecular complexity index is 4100. The predicted octanol–water partition coefficient (Wildman–Crippen LogP) is 11.0. The van der Waals surface area contributed by atoms with E-state index in [4.69, 9.17) is 9.97 Å². The van der Waals surface area contributed by atoms with E-state index < -0.39 is 16.1 Å². The molecule has 0 spiro atoms. The van der Waals surface area contributed by atoms with Crippen LogP contribution in [0.2, 0.25) is 0 Å². The predicted molar refractivity (Wildman–Crippen MR) is 318 cm³/mol. The standard InChI is InChI=1S/C68H47N5Si2/c1-5-25-48(26-6-1)74(49-27-7-2-8-28-49)62-41-21-17-37-57(62)72(58-38-18-22-42-63(58)74)66-46-45-54-68(70-66)61(71-55-35-15-13-33-52(55)53-34-14-16-36-56(53)71)47-67(69-54)73-59-39-19-23-43-64(59)75(50-29-9-3-10-30-50,51-31-11-4-12-32-51)65-44-24-20-40-60(65)73/h1-47H. The monoisotopic (exact) mass is 989 g/mol. The van der Waals surface area contributed by atoms with E-state index in [1.165, 1.54) is 52.3 Å². The van der Waals surface area contributed by atoms with Gasteiger partial charge >= 0.3 is 0 Å². The van der Waals surface area contributed by atoms with Crippen molar-refractivity contribution in [1.82, 2.24) is 14.5 Å². The summed E-state index contributed by atoms with van der Waals surface area (Å²) in [7, 11) is -5.72. The third-order valence-electron chi connectivity index (χ3n) is 15.9. The number of hydrogen-bond donors (Lipinski definition) is 0. The third kappa shape index (κ3) is 6.23. The van der Waals surface area contributed by atoms with Crippen LogP contribution in [0, 0.1) is 0 Å². The molecule has 15 rings (SSSR count). The molecule has 7 heteroatoms. The van der Waals surface area contributed by atoms with E-state index >= 15 is 0 Å². The molecular weight excluding hydrogens is 943 g/mol. The minimum absolute atomic E-state index is 0.805. The minimum atomic E-state index is -2.87. The smallest absolute Gasteiger partial charge is 0.184 e. The number of nitrogens with zero attached hydrogens (tertiary/aromatic N) is 5. The first kappa shape index (κ1) is 43.2. The first-order valence-corrected chi connectivity index (χ1v) is 29.8. The highest BCUT2D eigenvalue weighted by Crippen LogP contribution is 2.43. The van der Waals surface area contributed by atoms with Crippen LogP contribution in [0.3, 0.4) is 0 Å². The average Bonchev–Trinajstić information content (AvgIpc) is 3.91. The van der Waals surface area contributed by atoms with Crippen molar-refractivity contribution in [2.24, 2.45) is 0 Å². The van der Waals surface area contributed by atoms with E-state index in [-0.39, 0.29) is 0 Å². The zero-order valence-corrected chi connectivity index (χ0v) is 42.9. The highest BCUT2D eigenvalue weighted by molar-refractivity contribution is 7.22. The fraction of sp³-hybridized carbons (Fsp3) is 0. The Morgan fingerprint density at radius 1 is 0.267 bits per heavy atom. The minimum Gasteiger partial charge on any atom is -0.307 e. The van der Waals surface area contributed by atoms with Crippen molar-refractivity contribution in [3.05, 3.63) is 285 Å². The number of para-hydroxylation sites is 6. The summed E-state index contributed by atoms with van der Waals surface area (Å²) in [5.41, 5.74) is 9.33. The topological polar surface area (TPSA) is 37.2 Å². The molecule has 10 aromatic carbocycles. The van der Waals surface area contributed by atoms with Gasteiger partial charge in [-0.1, -0.05) is 231 Å². The largest absolute Gasteiger partial charge is 0.307 e. The van der Waals surface area contributed by atoms with E-state index in [2.05, 4.69) is 299 Å². The van der Waals surface area contributed by atoms with Crippen LogP contribution in [0.25, 0.3) is 38.5 Å². The number of benzene rings is 10. The van der Waals surface area contributed by atoms with Crippen molar-refractivity contribution < 1.29 is 0 Å². The van der Waals surface area contributed by atoms with Crippen molar-refractivity contribution >= 4 is 125 Å². The Kier molecular flexibility index (Phi) is 9.85. The second-order valence-corrected chi connectivity index (χ2v) is 27.1. The summed E-state index contributed by atoms with van der Waals surface area (Å²) in [4.78, 5) is 16.5. The molecule has 75 heavy (non-hydrogen) atoms. The maximum atomic E-state index is 5.88. The maximum Gasteiger partial charge on any atom is 0.184 e. The molecule has 0 saturated heterocycles. The third-order valence-corrected chi connectivity index (χ3v) is 25.6. The van der Waals surface area contributed by atoms with E-state index in [0.29, 0.717) is 0 Å². The normalized spacial score (nSPS) is 14.0. The van der Waals surface area contributed by atoms with Gasteiger partial charge in [0, 0.05) is 39.6 Å². The highest BCUT2D eigenvalue weighted by atomic mass is 28.3. The molecule has 352 valence electrons. The molecule has 0 radical (unpaired) electrons. The quantitative estimate of drug-likeness (QED) is 0.149. The van der Waals surface area contributed by atoms with Gasteiger partial charge in [-0.05, 0) is 90.0 Å². The zero-order chi connectivity index (χ0) is 49.5. The first-order chi connectivity index (χ1) is 37.2. The van der Waals surface area contributed by atoms with Gasteiger partial charge in [-0.25, -0.2) is 9.97 Å². The molecule has 0 saturated carbocycles. The molecule has 3 aromatic heterocycles. The Morgan fingerprint density at radius 2 is 0.600 bits per heavy atom. The van der Waals surface area contributed by atoms with Crippen molar-refractivity contribution in [3.63, 3.8) is 0 Å². The molecule has 0 amide bonds. The summed E-state index contributed by atoms with van der Waals surface area (Å²) in [5.74, 6) is 1.66. The second-order valence-electron chi connectivity index (χ2n) is 19.6. The van der Waals surface area contributed by atoms with Gasteiger partial charge in [-0.3, -0.25) is 9.80 Å². The summed E-state index contributed by atoms with van der Waals surface area (Å²) >= 11 is 0. The Labute approximate surface area is 437 Å². The number of hydrogen-bond acceptors (Lipinski definition) is 4. The van der Waals surface area contributed by atoms with Crippen molar-refractivity contribution in [2.45, 2.75) is 0 Å². The molecule has 0 atom stereocenters. The van der Waals surface area contributed by atoms with Crippen LogP contribution < -0.4 is 51.3 Å². The van der Waals surface area contributed by atoms with Crippen LogP contribution in [0.15, 0.2) is 285 Å². The molecule has 2 aliphatic heterocycles. The lowest BCUT2D eigenvalue weighted by molar-refractivity contribution is 1.13. The van der Waals surface area contributed by atoms with E-state index in [1.807, 2.05) is 0 Å². The van der Waals surface area contributed by atoms with Crippen LogP contribution >= 0.6 is 0 Å². The second kappa shape index (κ2) is 17.1. The molecule has 0 fully saturated rings. The number of pyridine rings is 2. The Hall–Kier alpha value is -9.41. The van der Waals surface area contributed by atoms with Gasteiger partial charge in [0.1, 0.15) is 17.2 Å². The number of fused-ring (bicyclic) bond motifs is 8. The van der Waals surface area contributed by atoms with Crippen LogP contribution in [-0.4, -0.2) is 30.7 Å². The molecular formula is C68H47N5Si2. The van der Waals surface area contributed by atoms with Crippen LogP contribution in [0.1, 0.15) is 0 Å². The Balaban J connectivity index is 1.01. The van der Waals surface area contributed by atoms with E-state index in [1.54, 1.807) is 0 Å². The van der Waals surface area contributed by atoms with Gasteiger partial charge in [0.2, 0.25) is 0 Å². The average molecular weight is 990 g/mol. The van der Waals surface area contributed by atoms with Gasteiger partial charge in [-0.15, -0.1) is 0 Å². The summed E-state index contributed by atoms with van der Waals surface area (Å²) in [5, 5.41) is 13.1. The van der Waals surface area contributed by atoms with Crippen molar-refractivity contribution in [1.29, 1.82) is 0 Å². The fourth-order valence-corrected chi connectivity index (χ4v) is 23.2. The van der Waals surface area contributed by atoms with Gasteiger partial charge < -0.3 is 4.57 Å². The van der Waals surface area contributed by atoms with Crippen molar-refractivity contribution in [3.8, 4) is 5.69 Å². The summed E-state index contributed by atoms with van der Waals surface area (Å²) in [6.07, 6.45) is 0. The molecule has 0 unspecified atom stereocenters. The summed E-state index contributed by atoms with van der Waals surface area (Å²) in [6, 6.07) is 105. The van der Waals surface area contributed by atoms with Crippen molar-refractivity contribution in [2.75, 3.05) is 9.80 Å². The molecule has 0 N–H and O–H groups in total. The van der Waals surface area contributed by atoms with Gasteiger partial charge in [0.15, 0.2) is 16.1 Å². The van der Waals surface area contributed by atoms with Gasteiger partial charge in [-0.2, -0.15) is 0 Å². The number of aromatic nitrogens is 3. The van der Waals surface area contributed by atoms with E-state index in [9.17, 15) is 0 Å². The van der Waals surface area contributed by atoms with Gasteiger partial charge in [0.25, 0.3) is 0 Å². The molecule has 0 bridgehead atoms. The SMILES string of the molecule is c1ccc([Si]2(c3ccccc3)c3ccccc3N(c3cc(-n4c5ccccc5c5ccccc54)c4nc(N5c6ccccc6[Si](c6ccccc6)(c6ccccc6)c6ccccc65)ccc4n3)c3ccccc32)cc1. The Morgan fingerprint density at radius 3 is 1.00 bits per heavy atom. The highest BCUT2D eigenvalue weighted by Gasteiger charge is 2.50.